The van der Waals surface area contributed by atoms with Gasteiger partial charge < -0.3 is 5.32 Å². The quantitative estimate of drug-likeness (QED) is 0.619. The summed E-state index contributed by atoms with van der Waals surface area (Å²) >= 11 is 0. The predicted octanol–water partition coefficient (Wildman–Crippen LogP) is 3.40. The Bertz CT molecular complexity index is 1240. The van der Waals surface area contributed by atoms with E-state index in [0.717, 1.165) is 64.5 Å². The SMILES string of the molecule is CNS(=O)(=O)Cc1ccc(CNC(=O)c2c3c(nc4ccc(C)cc24)CCCC3)cc1. The predicted molar refractivity (Wildman–Crippen MR) is 122 cm³/mol. The van der Waals surface area contributed by atoms with Crippen LogP contribution in [0.25, 0.3) is 10.9 Å². The molecule has 0 bridgehead atoms. The highest BCUT2D eigenvalue weighted by Crippen LogP contribution is 2.30. The Kier molecular flexibility index (Phi) is 6.07. The summed E-state index contributed by atoms with van der Waals surface area (Å²) in [6, 6.07) is 13.3. The number of pyridine rings is 1. The van der Waals surface area contributed by atoms with Gasteiger partial charge in [-0.1, -0.05) is 35.9 Å². The Morgan fingerprint density at radius 3 is 2.48 bits per heavy atom. The molecule has 2 N–H and O–H groups in total. The summed E-state index contributed by atoms with van der Waals surface area (Å²) in [6.45, 7) is 2.40. The Hall–Kier alpha value is -2.77. The van der Waals surface area contributed by atoms with E-state index in [1.807, 2.05) is 37.3 Å². The highest BCUT2D eigenvalue weighted by Gasteiger charge is 2.22. The molecule has 0 spiro atoms. The number of benzene rings is 2. The van der Waals surface area contributed by atoms with Gasteiger partial charge in [0.1, 0.15) is 0 Å². The lowest BCUT2D eigenvalue weighted by Gasteiger charge is -2.20. The molecule has 1 aliphatic carbocycles. The molecule has 0 radical (unpaired) electrons. The Labute approximate surface area is 183 Å². The highest BCUT2D eigenvalue weighted by molar-refractivity contribution is 7.88. The first-order valence-corrected chi connectivity index (χ1v) is 12.2. The number of hydrogen-bond acceptors (Lipinski definition) is 4. The summed E-state index contributed by atoms with van der Waals surface area (Å²) in [7, 11) is -1.90. The summed E-state index contributed by atoms with van der Waals surface area (Å²) in [5, 5.41) is 3.97. The van der Waals surface area contributed by atoms with E-state index < -0.39 is 10.0 Å². The molecule has 0 atom stereocenters. The number of aromatic nitrogens is 1. The third kappa shape index (κ3) is 4.78. The van der Waals surface area contributed by atoms with Crippen LogP contribution in [0.2, 0.25) is 0 Å². The number of nitrogens with zero attached hydrogens (tertiary/aromatic N) is 1. The number of nitrogens with one attached hydrogen (secondary N) is 2. The lowest BCUT2D eigenvalue weighted by atomic mass is 9.89. The fourth-order valence-electron chi connectivity index (χ4n) is 4.11. The first kappa shape index (κ1) is 21.5. The molecule has 1 aromatic heterocycles. The molecule has 0 unspecified atom stereocenters. The molecule has 31 heavy (non-hydrogen) atoms. The first-order chi connectivity index (χ1) is 14.9. The van der Waals surface area contributed by atoms with Crippen LogP contribution < -0.4 is 10.0 Å². The van der Waals surface area contributed by atoms with Crippen molar-refractivity contribution in [3.8, 4) is 0 Å². The Balaban J connectivity index is 1.57. The van der Waals surface area contributed by atoms with Crippen LogP contribution >= 0.6 is 0 Å². The van der Waals surface area contributed by atoms with Gasteiger partial charge in [0.2, 0.25) is 10.0 Å². The lowest BCUT2D eigenvalue weighted by Crippen LogP contribution is -2.26. The van der Waals surface area contributed by atoms with Crippen molar-refractivity contribution in [2.45, 2.75) is 44.9 Å². The van der Waals surface area contributed by atoms with E-state index in [1.54, 1.807) is 12.1 Å². The maximum atomic E-state index is 13.3. The molecular formula is C24H27N3O3S. The normalized spacial score (nSPS) is 13.7. The first-order valence-electron chi connectivity index (χ1n) is 10.6. The third-order valence-electron chi connectivity index (χ3n) is 5.79. The highest BCUT2D eigenvalue weighted by atomic mass is 32.2. The van der Waals surface area contributed by atoms with Gasteiger partial charge in [0.25, 0.3) is 5.91 Å². The van der Waals surface area contributed by atoms with Crippen molar-refractivity contribution >= 4 is 26.8 Å². The molecule has 7 heteroatoms. The zero-order valence-corrected chi connectivity index (χ0v) is 18.7. The average molecular weight is 438 g/mol. The monoisotopic (exact) mass is 437 g/mol. The van der Waals surface area contributed by atoms with Gasteiger partial charge in [-0.3, -0.25) is 9.78 Å². The number of sulfonamides is 1. The molecule has 6 nitrogen and oxygen atoms in total. The van der Waals surface area contributed by atoms with Crippen LogP contribution in [-0.4, -0.2) is 26.4 Å². The average Bonchev–Trinajstić information content (AvgIpc) is 2.76. The second-order valence-electron chi connectivity index (χ2n) is 8.10. The van der Waals surface area contributed by atoms with Gasteiger partial charge in [0.05, 0.1) is 16.8 Å². The standard InChI is InChI=1S/C24H27N3O3S/c1-16-7-12-22-20(13-16)23(19-5-3-4-6-21(19)27-22)24(28)26-14-17-8-10-18(11-9-17)15-31(29,30)25-2/h7-13,25H,3-6,14-15H2,1-2H3,(H,26,28). The van der Waals surface area contributed by atoms with E-state index in [4.69, 9.17) is 4.98 Å². The molecule has 0 aliphatic heterocycles. The minimum atomic E-state index is -3.31. The Morgan fingerprint density at radius 1 is 1.03 bits per heavy atom. The molecule has 3 aromatic rings. The van der Waals surface area contributed by atoms with Gasteiger partial charge >= 0.3 is 0 Å². The Morgan fingerprint density at radius 2 is 1.74 bits per heavy atom. The van der Waals surface area contributed by atoms with E-state index in [-0.39, 0.29) is 11.7 Å². The van der Waals surface area contributed by atoms with Crippen LogP contribution in [0.3, 0.4) is 0 Å². The van der Waals surface area contributed by atoms with Crippen LogP contribution in [0, 0.1) is 6.92 Å². The van der Waals surface area contributed by atoms with E-state index in [1.165, 1.54) is 7.05 Å². The van der Waals surface area contributed by atoms with Crippen molar-refractivity contribution in [1.82, 2.24) is 15.0 Å². The van der Waals surface area contributed by atoms with Crippen molar-refractivity contribution in [2.75, 3.05) is 7.05 Å². The number of rotatable bonds is 6. The van der Waals surface area contributed by atoms with E-state index >= 15 is 0 Å². The van der Waals surface area contributed by atoms with E-state index in [0.29, 0.717) is 12.1 Å². The summed E-state index contributed by atoms with van der Waals surface area (Å²) in [5.41, 5.74) is 6.46. The van der Waals surface area contributed by atoms with Gasteiger partial charge in [0, 0.05) is 17.6 Å². The summed E-state index contributed by atoms with van der Waals surface area (Å²) in [4.78, 5) is 18.1. The molecule has 1 amide bonds. The van der Waals surface area contributed by atoms with Gasteiger partial charge in [-0.25, -0.2) is 13.1 Å². The minimum absolute atomic E-state index is 0.0648. The molecule has 1 heterocycles. The molecule has 162 valence electrons. The molecular weight excluding hydrogens is 410 g/mol. The van der Waals surface area contributed by atoms with Gasteiger partial charge in [-0.15, -0.1) is 0 Å². The zero-order valence-electron chi connectivity index (χ0n) is 17.9. The largest absolute Gasteiger partial charge is 0.348 e. The van der Waals surface area contributed by atoms with Crippen molar-refractivity contribution in [3.05, 3.63) is 76.0 Å². The van der Waals surface area contributed by atoms with Crippen LogP contribution in [0.4, 0.5) is 0 Å². The minimum Gasteiger partial charge on any atom is -0.348 e. The fraction of sp³-hybridized carbons (Fsp3) is 0.333. The number of fused-ring (bicyclic) bond motifs is 2. The second-order valence-corrected chi connectivity index (χ2v) is 10.0. The van der Waals surface area contributed by atoms with Crippen molar-refractivity contribution in [2.24, 2.45) is 0 Å². The molecule has 4 rings (SSSR count). The second kappa shape index (κ2) is 8.77. The van der Waals surface area contributed by atoms with Crippen LogP contribution in [0.5, 0.6) is 0 Å². The maximum Gasteiger partial charge on any atom is 0.252 e. The molecule has 0 saturated heterocycles. The summed E-state index contributed by atoms with van der Waals surface area (Å²) < 4.78 is 25.7. The zero-order chi connectivity index (χ0) is 22.0. The van der Waals surface area contributed by atoms with Gasteiger partial charge in [0.15, 0.2) is 0 Å². The molecule has 0 fully saturated rings. The smallest absolute Gasteiger partial charge is 0.252 e. The number of carbonyl (C=O) groups excluding carboxylic acids is 1. The molecule has 1 aliphatic rings. The molecule has 0 saturated carbocycles. The van der Waals surface area contributed by atoms with Crippen LogP contribution in [0.15, 0.2) is 42.5 Å². The maximum absolute atomic E-state index is 13.3. The van der Waals surface area contributed by atoms with Gasteiger partial charge in [-0.05, 0) is 68.5 Å². The fourth-order valence-corrected chi connectivity index (χ4v) is 4.89. The number of carbonyl (C=O) groups is 1. The van der Waals surface area contributed by atoms with Crippen LogP contribution in [-0.2, 0) is 35.2 Å². The van der Waals surface area contributed by atoms with E-state index in [9.17, 15) is 13.2 Å². The molecule has 2 aromatic carbocycles. The third-order valence-corrected chi connectivity index (χ3v) is 7.12. The van der Waals surface area contributed by atoms with Crippen molar-refractivity contribution in [1.29, 1.82) is 0 Å². The number of amides is 1. The summed E-state index contributed by atoms with van der Waals surface area (Å²) in [5.74, 6) is -0.150. The van der Waals surface area contributed by atoms with Gasteiger partial charge in [-0.2, -0.15) is 0 Å². The summed E-state index contributed by atoms with van der Waals surface area (Å²) in [6.07, 6.45) is 3.97. The lowest BCUT2D eigenvalue weighted by molar-refractivity contribution is 0.0951. The van der Waals surface area contributed by atoms with E-state index in [2.05, 4.69) is 10.0 Å². The number of aryl methyl sites for hydroxylation is 2. The topological polar surface area (TPSA) is 88.2 Å². The van der Waals surface area contributed by atoms with Crippen LogP contribution in [0.1, 0.15) is 51.1 Å². The van der Waals surface area contributed by atoms with Crippen molar-refractivity contribution in [3.63, 3.8) is 0 Å². The van der Waals surface area contributed by atoms with Crippen molar-refractivity contribution < 1.29 is 13.2 Å². The number of hydrogen-bond donors (Lipinski definition) is 2.